The second-order valence-electron chi connectivity index (χ2n) is 5.90. The SMILES string of the molecule is CCc1nc2ccccc2c(C(=O)Nc2nc(-c3ccco3)cs2)c1C. The molecule has 4 aromatic rings. The molecule has 0 saturated heterocycles. The van der Waals surface area contributed by atoms with Crippen molar-refractivity contribution >= 4 is 33.3 Å². The number of aryl methyl sites for hydroxylation is 1. The van der Waals surface area contributed by atoms with Gasteiger partial charge in [-0.05, 0) is 37.1 Å². The van der Waals surface area contributed by atoms with Crippen LogP contribution in [0.5, 0.6) is 0 Å². The molecule has 3 heterocycles. The molecule has 3 aromatic heterocycles. The molecule has 5 nitrogen and oxygen atoms in total. The van der Waals surface area contributed by atoms with E-state index in [1.54, 1.807) is 6.26 Å². The summed E-state index contributed by atoms with van der Waals surface area (Å²) in [5.41, 5.74) is 4.04. The molecule has 0 aliphatic carbocycles. The number of benzene rings is 1. The maximum atomic E-state index is 13.0. The monoisotopic (exact) mass is 363 g/mol. The molecule has 1 N–H and O–H groups in total. The van der Waals surface area contributed by atoms with Gasteiger partial charge in [-0.25, -0.2) is 4.98 Å². The number of rotatable bonds is 4. The third kappa shape index (κ3) is 2.88. The maximum absolute atomic E-state index is 13.0. The summed E-state index contributed by atoms with van der Waals surface area (Å²) in [6, 6.07) is 11.4. The van der Waals surface area contributed by atoms with Crippen molar-refractivity contribution in [1.82, 2.24) is 9.97 Å². The second kappa shape index (κ2) is 6.72. The van der Waals surface area contributed by atoms with Crippen molar-refractivity contribution in [2.75, 3.05) is 5.32 Å². The van der Waals surface area contributed by atoms with E-state index >= 15 is 0 Å². The van der Waals surface area contributed by atoms with Gasteiger partial charge >= 0.3 is 0 Å². The number of nitrogens with one attached hydrogen (secondary N) is 1. The van der Waals surface area contributed by atoms with E-state index in [9.17, 15) is 4.79 Å². The fourth-order valence-corrected chi connectivity index (χ4v) is 3.72. The fourth-order valence-electron chi connectivity index (χ4n) is 3.02. The Bertz CT molecular complexity index is 1080. The van der Waals surface area contributed by atoms with Crippen LogP contribution in [0.15, 0.2) is 52.5 Å². The second-order valence-corrected chi connectivity index (χ2v) is 6.76. The van der Waals surface area contributed by atoms with E-state index in [-0.39, 0.29) is 5.91 Å². The van der Waals surface area contributed by atoms with Gasteiger partial charge in [0.05, 0.1) is 17.3 Å². The van der Waals surface area contributed by atoms with Crippen molar-refractivity contribution in [2.24, 2.45) is 0 Å². The summed E-state index contributed by atoms with van der Waals surface area (Å²) in [5.74, 6) is 0.511. The summed E-state index contributed by atoms with van der Waals surface area (Å²) in [4.78, 5) is 22.1. The Morgan fingerprint density at radius 2 is 2.04 bits per heavy atom. The van der Waals surface area contributed by atoms with Crippen LogP contribution in [0.25, 0.3) is 22.4 Å². The van der Waals surface area contributed by atoms with Gasteiger partial charge in [-0.1, -0.05) is 25.1 Å². The number of furan rings is 1. The number of carbonyl (C=O) groups excluding carboxylic acids is 1. The zero-order valence-corrected chi connectivity index (χ0v) is 15.3. The molecule has 0 unspecified atom stereocenters. The van der Waals surface area contributed by atoms with Gasteiger partial charge in [0.25, 0.3) is 5.91 Å². The van der Waals surface area contributed by atoms with Crippen LogP contribution in [-0.4, -0.2) is 15.9 Å². The molecule has 130 valence electrons. The number of pyridine rings is 1. The van der Waals surface area contributed by atoms with Gasteiger partial charge < -0.3 is 4.42 Å². The zero-order chi connectivity index (χ0) is 18.1. The van der Waals surface area contributed by atoms with Gasteiger partial charge in [0.2, 0.25) is 0 Å². The smallest absolute Gasteiger partial charge is 0.258 e. The molecular formula is C20H17N3O2S. The van der Waals surface area contributed by atoms with E-state index < -0.39 is 0 Å². The fraction of sp³-hybridized carbons (Fsp3) is 0.150. The van der Waals surface area contributed by atoms with Gasteiger partial charge in [0.15, 0.2) is 10.9 Å². The Morgan fingerprint density at radius 1 is 1.19 bits per heavy atom. The lowest BCUT2D eigenvalue weighted by atomic mass is 9.99. The number of amides is 1. The summed E-state index contributed by atoms with van der Waals surface area (Å²) >= 11 is 1.37. The number of fused-ring (bicyclic) bond motifs is 1. The molecule has 0 aliphatic rings. The highest BCUT2D eigenvalue weighted by atomic mass is 32.1. The first-order valence-corrected chi connectivity index (χ1v) is 9.24. The zero-order valence-electron chi connectivity index (χ0n) is 14.4. The molecule has 0 fully saturated rings. The van der Waals surface area contributed by atoms with Crippen LogP contribution in [0.3, 0.4) is 0 Å². The van der Waals surface area contributed by atoms with Gasteiger partial charge in [0.1, 0.15) is 5.69 Å². The first-order chi connectivity index (χ1) is 12.7. The summed E-state index contributed by atoms with van der Waals surface area (Å²) in [5, 5.41) is 6.18. The molecule has 1 amide bonds. The lowest BCUT2D eigenvalue weighted by Gasteiger charge is -2.13. The topological polar surface area (TPSA) is 68.0 Å². The normalized spacial score (nSPS) is 11.0. The van der Waals surface area contributed by atoms with Crippen LogP contribution in [0.1, 0.15) is 28.5 Å². The first-order valence-electron chi connectivity index (χ1n) is 8.36. The predicted molar refractivity (Wildman–Crippen MR) is 104 cm³/mol. The number of nitrogens with zero attached hydrogens (tertiary/aromatic N) is 2. The van der Waals surface area contributed by atoms with Crippen molar-refractivity contribution in [3.05, 3.63) is 64.9 Å². The maximum Gasteiger partial charge on any atom is 0.258 e. The van der Waals surface area contributed by atoms with Crippen molar-refractivity contribution < 1.29 is 9.21 Å². The van der Waals surface area contributed by atoms with E-state index in [0.717, 1.165) is 28.6 Å². The quantitative estimate of drug-likeness (QED) is 0.549. The van der Waals surface area contributed by atoms with Crippen molar-refractivity contribution in [2.45, 2.75) is 20.3 Å². The van der Waals surface area contributed by atoms with E-state index in [2.05, 4.69) is 15.3 Å². The minimum Gasteiger partial charge on any atom is -0.463 e. The Labute approximate surface area is 154 Å². The number of thiazole rings is 1. The summed E-state index contributed by atoms with van der Waals surface area (Å²) in [6.45, 7) is 3.99. The number of hydrogen-bond donors (Lipinski definition) is 1. The molecule has 0 spiro atoms. The predicted octanol–water partition coefficient (Wildman–Crippen LogP) is 5.07. The average Bonchev–Trinajstić information content (AvgIpc) is 3.32. The Balaban J connectivity index is 1.71. The molecule has 0 aliphatic heterocycles. The third-order valence-electron chi connectivity index (χ3n) is 4.30. The average molecular weight is 363 g/mol. The Kier molecular flexibility index (Phi) is 4.26. The Hall–Kier alpha value is -2.99. The third-order valence-corrected chi connectivity index (χ3v) is 5.05. The van der Waals surface area contributed by atoms with E-state index in [1.165, 1.54) is 11.3 Å². The number of para-hydroxylation sites is 1. The summed E-state index contributed by atoms with van der Waals surface area (Å²) in [7, 11) is 0. The van der Waals surface area contributed by atoms with Gasteiger partial charge in [0, 0.05) is 16.5 Å². The minimum atomic E-state index is -0.170. The molecule has 4 rings (SSSR count). The lowest BCUT2D eigenvalue weighted by molar-refractivity contribution is 0.102. The molecule has 0 radical (unpaired) electrons. The number of hydrogen-bond acceptors (Lipinski definition) is 5. The molecule has 26 heavy (non-hydrogen) atoms. The van der Waals surface area contributed by atoms with Crippen molar-refractivity contribution in [1.29, 1.82) is 0 Å². The van der Waals surface area contributed by atoms with E-state index in [0.29, 0.717) is 22.1 Å². The van der Waals surface area contributed by atoms with Gasteiger partial charge in [-0.15, -0.1) is 11.3 Å². The summed E-state index contributed by atoms with van der Waals surface area (Å²) in [6.07, 6.45) is 2.38. The standard InChI is InChI=1S/C20H17N3O2S/c1-3-14-12(2)18(13-7-4-5-8-15(13)21-14)19(24)23-20-22-16(11-26-20)17-9-6-10-25-17/h4-11H,3H2,1-2H3,(H,22,23,24). The highest BCUT2D eigenvalue weighted by Crippen LogP contribution is 2.28. The molecule has 1 aromatic carbocycles. The van der Waals surface area contributed by atoms with Crippen molar-refractivity contribution in [3.63, 3.8) is 0 Å². The molecule has 0 bridgehead atoms. The molecule has 6 heteroatoms. The van der Waals surface area contributed by atoms with Crippen LogP contribution in [0, 0.1) is 6.92 Å². The van der Waals surface area contributed by atoms with Crippen molar-refractivity contribution in [3.8, 4) is 11.5 Å². The minimum absolute atomic E-state index is 0.170. The van der Waals surface area contributed by atoms with E-state index in [4.69, 9.17) is 4.42 Å². The summed E-state index contributed by atoms with van der Waals surface area (Å²) < 4.78 is 5.35. The molecule has 0 atom stereocenters. The van der Waals surface area contributed by atoms with Crippen LogP contribution in [0.2, 0.25) is 0 Å². The Morgan fingerprint density at radius 3 is 2.81 bits per heavy atom. The largest absolute Gasteiger partial charge is 0.463 e. The van der Waals surface area contributed by atoms with Crippen LogP contribution in [0.4, 0.5) is 5.13 Å². The van der Waals surface area contributed by atoms with Crippen LogP contribution >= 0.6 is 11.3 Å². The van der Waals surface area contributed by atoms with Gasteiger partial charge in [-0.2, -0.15) is 0 Å². The number of anilines is 1. The number of carbonyl (C=O) groups is 1. The van der Waals surface area contributed by atoms with Crippen LogP contribution in [-0.2, 0) is 6.42 Å². The van der Waals surface area contributed by atoms with Gasteiger partial charge in [-0.3, -0.25) is 15.1 Å². The van der Waals surface area contributed by atoms with E-state index in [1.807, 2.05) is 55.6 Å². The first kappa shape index (κ1) is 16.5. The lowest BCUT2D eigenvalue weighted by Crippen LogP contribution is -2.15. The van der Waals surface area contributed by atoms with Crippen LogP contribution < -0.4 is 5.32 Å². The highest BCUT2D eigenvalue weighted by molar-refractivity contribution is 7.14. The number of aromatic nitrogens is 2. The molecular weight excluding hydrogens is 346 g/mol. The highest BCUT2D eigenvalue weighted by Gasteiger charge is 2.18. The molecule has 0 saturated carbocycles.